The number of aliphatic hydroxyl groups is 6. The number of anilines is 6. The van der Waals surface area contributed by atoms with Gasteiger partial charge in [0.15, 0.2) is 33.8 Å². The van der Waals surface area contributed by atoms with Gasteiger partial charge in [-0.05, 0) is 222 Å². The molecule has 0 saturated carbocycles. The Morgan fingerprint density at radius 1 is 0.338 bits per heavy atom. The monoisotopic (exact) mass is 2570 g/mol. The average Bonchev–Trinajstić information content (AvgIpc) is 0.852. The summed E-state index contributed by atoms with van der Waals surface area (Å²) in [7, 11) is 0. The molecule has 0 aliphatic heterocycles. The van der Waals surface area contributed by atoms with Gasteiger partial charge in [-0.3, -0.25) is 52.2 Å². The predicted octanol–water partition coefficient (Wildman–Crippen LogP) is 16.7. The van der Waals surface area contributed by atoms with Crippen LogP contribution >= 0.6 is 111 Å². The minimum absolute atomic E-state index is 0.0786. The number of carbonyl (C=O) groups is 6. The molecule has 5 heterocycles. The summed E-state index contributed by atoms with van der Waals surface area (Å²) in [6.45, 7) is 5.76. The second-order valence-corrected chi connectivity index (χ2v) is 37.4. The molecule has 35 nitrogen and oxygen atoms in total. The number of amides is 6. The molecule has 60 heteroatoms. The van der Waals surface area contributed by atoms with Crippen molar-refractivity contribution in [3.05, 3.63) is 257 Å². The Labute approximate surface area is 884 Å². The van der Waals surface area contributed by atoms with Crippen molar-refractivity contribution >= 4 is 181 Å². The van der Waals surface area contributed by atoms with E-state index >= 15 is 0 Å². The van der Waals surface area contributed by atoms with Gasteiger partial charge in [-0.2, -0.15) is 141 Å². The molecule has 6 aromatic carbocycles. The van der Waals surface area contributed by atoms with Crippen molar-refractivity contribution in [2.75, 3.05) is 37.2 Å². The Morgan fingerprint density at radius 2 is 0.595 bits per heavy atom. The molecule has 5 aromatic heterocycles. The van der Waals surface area contributed by atoms with Crippen LogP contribution in [0, 0.1) is 95.8 Å². The maximum Gasteiger partial charge on any atom is 0.417 e. The first kappa shape index (κ1) is 123. The third-order valence-corrected chi connectivity index (χ3v) is 23.1. The zero-order valence-corrected chi connectivity index (χ0v) is 85.8. The lowest BCUT2D eigenvalue weighted by molar-refractivity contribution is -0.138. The Morgan fingerprint density at radius 3 is 0.838 bits per heavy atom. The lowest BCUT2D eigenvalue weighted by atomic mass is 10.0. The fourth-order valence-electron chi connectivity index (χ4n) is 11.6. The van der Waals surface area contributed by atoms with Crippen LogP contribution in [0.3, 0.4) is 0 Å². The second kappa shape index (κ2) is 50.0. The van der Waals surface area contributed by atoms with E-state index in [1.807, 2.05) is 28.7 Å². The van der Waals surface area contributed by atoms with Crippen molar-refractivity contribution in [1.82, 2.24) is 48.9 Å². The van der Waals surface area contributed by atoms with E-state index < -0.39 is 185 Å². The molecule has 0 bridgehead atoms. The highest BCUT2D eigenvalue weighted by Gasteiger charge is 2.44. The van der Waals surface area contributed by atoms with E-state index in [-0.39, 0.29) is 78.3 Å². The van der Waals surface area contributed by atoms with E-state index in [1.165, 1.54) is 128 Å². The highest BCUT2D eigenvalue weighted by Crippen LogP contribution is 2.42. The molecule has 11 aromatic rings. The van der Waals surface area contributed by atoms with Crippen molar-refractivity contribution in [2.45, 2.75) is 145 Å². The van der Waals surface area contributed by atoms with Crippen molar-refractivity contribution < 1.29 is 143 Å². The molecule has 11 rings (SSSR count). The summed E-state index contributed by atoms with van der Waals surface area (Å²) in [6, 6.07) is 24.8. The Bertz CT molecular complexity index is 6740. The van der Waals surface area contributed by atoms with Crippen molar-refractivity contribution in [3.8, 4) is 42.5 Å². The zero-order valence-electron chi connectivity index (χ0n) is 75.4. The standard InChI is InChI=1S/C16H12F3N5O2.C15H12BrF3N4O2.C15H12ClF3N4O2.C15H11F4IN4O2.C15H12F3IN4O2.C12H9BrF3IN2O2/c1-15(26,9-24-8-10(5-20)7-22-24)14(25)23-12-3-2-11(6-21)13(4-12)16(17,18)19;2*1-14(25,8-23-7-10(16)6-21-23)13(24)22-11-3-2-9(5-20)12(4-11)15(17,18)19;1-14(26,7-24-6-9(16)5-22-24)13(25)23-12-3-10(15(17,18)19)8(4-21)2-11(12)20;1-14(25,8-23-7-10(19)6-21-23)13(24)22-11-3-2-9(5-20)12(4-11)15(16,17)18;1-11(21,5-13)10(20)19-9-3-7(12(14,15)16)6(4-18)2-8(9)17/h2-4,7-8,26H,9H2,1H3,(H,23,25);2*2-4,6-7,25H,8H2,1H3,(H,22,24);2-3,5-6,26H,7H2,1H3,(H,23,25);2-4,6-7,25H,8H2,1H3,(H,22,24);2-3,21H,5H2,1H3,(H,19,20)/t15-;4*14-;11-/m000000/s1. The van der Waals surface area contributed by atoms with Crippen LogP contribution in [0.15, 0.2) is 164 Å². The molecule has 782 valence electrons. The summed E-state index contributed by atoms with van der Waals surface area (Å²) in [6.07, 6.45) is -15.3. The third kappa shape index (κ3) is 35.6. The molecule has 148 heavy (non-hydrogen) atoms. The van der Waals surface area contributed by atoms with Gasteiger partial charge >= 0.3 is 37.1 Å². The number of carbonyl (C=O) groups excluding carboxylic acids is 6. The first-order valence-electron chi connectivity index (χ1n) is 40.1. The van der Waals surface area contributed by atoms with E-state index in [4.69, 9.17) is 48.4 Å². The summed E-state index contributed by atoms with van der Waals surface area (Å²) in [5.74, 6) is -6.23. The normalized spacial score (nSPS) is 13.8. The molecule has 0 radical (unpaired) electrons. The molecular formula is C88H68Br2ClF19I3N23O12. The van der Waals surface area contributed by atoms with Crippen LogP contribution in [-0.4, -0.2) is 154 Å². The Kier molecular flexibility index (Phi) is 41.6. The van der Waals surface area contributed by atoms with Gasteiger partial charge in [-0.25, -0.2) is 4.39 Å². The van der Waals surface area contributed by atoms with Gasteiger partial charge in [-0.15, -0.1) is 0 Å². The van der Waals surface area contributed by atoms with Gasteiger partial charge in [0, 0.05) is 60.0 Å². The minimum atomic E-state index is -4.79. The number of nitrogens with zero attached hydrogens (tertiary/aromatic N) is 17. The molecule has 0 unspecified atom stereocenters. The van der Waals surface area contributed by atoms with Gasteiger partial charge in [0.1, 0.15) is 11.7 Å². The zero-order chi connectivity index (χ0) is 112. The number of nitriles is 7. The molecule has 6 amide bonds. The topological polar surface area (TPSA) is 552 Å². The van der Waals surface area contributed by atoms with Crippen LogP contribution in [0.1, 0.15) is 114 Å². The number of aromatic nitrogens is 10. The average molecular weight is 2580 g/mol. The summed E-state index contributed by atoms with van der Waals surface area (Å²) < 4.78 is 254. The molecular weight excluding hydrogens is 2510 g/mol. The maximum atomic E-state index is 13.0. The van der Waals surface area contributed by atoms with E-state index in [9.17, 15) is 143 Å². The molecule has 0 aliphatic rings. The molecule has 12 N–H and O–H groups in total. The van der Waals surface area contributed by atoms with Gasteiger partial charge in [0.2, 0.25) is 0 Å². The highest BCUT2D eigenvalue weighted by atomic mass is 127. The van der Waals surface area contributed by atoms with Crippen molar-refractivity contribution in [2.24, 2.45) is 0 Å². The van der Waals surface area contributed by atoms with Gasteiger partial charge in [-0.1, -0.05) is 27.5 Å². The highest BCUT2D eigenvalue weighted by molar-refractivity contribution is 14.1. The largest absolute Gasteiger partial charge is 0.417 e. The number of benzene rings is 6. The number of alkyl halides is 19. The quantitative estimate of drug-likeness (QED) is 0.0161. The van der Waals surface area contributed by atoms with Crippen molar-refractivity contribution in [1.29, 1.82) is 36.8 Å². The lowest BCUT2D eigenvalue weighted by Gasteiger charge is -2.23. The van der Waals surface area contributed by atoms with Crippen molar-refractivity contribution in [3.63, 3.8) is 0 Å². The van der Waals surface area contributed by atoms with Crippen LogP contribution in [-0.2, 0) is 98.5 Å². The lowest BCUT2D eigenvalue weighted by Crippen LogP contribution is -2.44. The van der Waals surface area contributed by atoms with E-state index in [0.717, 1.165) is 93.8 Å². The van der Waals surface area contributed by atoms with Gasteiger partial charge in [0.05, 0.1) is 203 Å². The molecule has 0 saturated heterocycles. The summed E-state index contributed by atoms with van der Waals surface area (Å²) >= 11 is 17.2. The van der Waals surface area contributed by atoms with Gasteiger partial charge < -0.3 is 62.5 Å². The molecule has 0 spiro atoms. The van der Waals surface area contributed by atoms with Gasteiger partial charge in [0.25, 0.3) is 35.4 Å². The summed E-state index contributed by atoms with van der Waals surface area (Å²) in [5.41, 5.74) is -22.9. The molecule has 6 atom stereocenters. The number of hydrogen-bond donors (Lipinski definition) is 12. The minimum Gasteiger partial charge on any atom is -0.379 e. The molecule has 0 fully saturated rings. The Hall–Kier alpha value is -13.5. The summed E-state index contributed by atoms with van der Waals surface area (Å²) in [4.78, 5) is 72.9. The third-order valence-electron chi connectivity index (χ3n) is 19.1. The molecule has 0 aliphatic carbocycles. The van der Waals surface area contributed by atoms with E-state index in [1.54, 1.807) is 51.4 Å². The number of halogens is 25. The SMILES string of the molecule is C[C@](O)(CBr)C(=O)Nc1cc(C(F)(F)F)c(C#N)cc1I.C[C@](O)(Cn1cc(Br)cn1)C(=O)Nc1ccc(C#N)c(C(F)(F)F)c1.C[C@](O)(Cn1cc(C#N)cn1)C(=O)Nc1ccc(C#N)c(C(F)(F)F)c1.C[C@](O)(Cn1cc(Cl)cn1)C(=O)Nc1ccc(C#N)c(C(F)(F)F)c1.C[C@](O)(Cn1cc(F)cn1)C(=O)Nc1cc(C(F)(F)F)c(C#N)cc1I.C[C@](O)(Cn1cc(I)cn1)C(=O)Nc1ccc(C#N)c(C(F)(F)F)c1. The number of rotatable bonds is 23. The van der Waals surface area contributed by atoms with Crippen LogP contribution in [0.25, 0.3) is 0 Å². The number of hydrogen-bond acceptors (Lipinski definition) is 24. The first-order chi connectivity index (χ1) is 68.1. The van der Waals surface area contributed by atoms with Crippen LogP contribution in [0.2, 0.25) is 5.02 Å². The van der Waals surface area contributed by atoms with E-state index in [2.05, 4.69) is 89.3 Å². The second-order valence-electron chi connectivity index (χ2n) is 31.9. The predicted molar refractivity (Wildman–Crippen MR) is 513 cm³/mol. The van der Waals surface area contributed by atoms with E-state index in [0.29, 0.717) is 45.9 Å². The van der Waals surface area contributed by atoms with Crippen LogP contribution < -0.4 is 31.9 Å². The summed E-state index contributed by atoms with van der Waals surface area (Å²) in [5, 5.41) is 155. The Balaban J connectivity index is 0.000000271. The maximum absolute atomic E-state index is 13.0. The van der Waals surface area contributed by atoms with Crippen LogP contribution in [0.4, 0.5) is 118 Å². The fourth-order valence-corrected chi connectivity index (χ4v) is 14.0. The number of nitrogens with one attached hydrogen (secondary N) is 6. The fraction of sp³-hybridized carbons (Fsp3) is 0.273. The smallest absolute Gasteiger partial charge is 0.379 e. The van der Waals surface area contributed by atoms with Crippen LogP contribution in [0.5, 0.6) is 0 Å². The first-order valence-corrected chi connectivity index (χ1v) is 45.6.